The summed E-state index contributed by atoms with van der Waals surface area (Å²) in [5.74, 6) is 0.458. The van der Waals surface area contributed by atoms with E-state index in [1.165, 1.54) is 12.5 Å². The zero-order valence-electron chi connectivity index (χ0n) is 7.95. The van der Waals surface area contributed by atoms with Gasteiger partial charge in [0, 0.05) is 19.6 Å². The third-order valence-corrected chi connectivity index (χ3v) is 1.65. The van der Waals surface area contributed by atoms with Gasteiger partial charge in [0.25, 0.3) is 0 Å². The largest absolute Gasteiger partial charge is 0.428 e. The van der Waals surface area contributed by atoms with E-state index in [1.54, 1.807) is 0 Å². The lowest BCUT2D eigenvalue weighted by Crippen LogP contribution is -2.02. The van der Waals surface area contributed by atoms with Gasteiger partial charge < -0.3 is 9.84 Å². The molecule has 0 atom stereocenters. The van der Waals surface area contributed by atoms with Crippen LogP contribution in [0.3, 0.4) is 0 Å². The quantitative estimate of drug-likeness (QED) is 0.525. The molecule has 0 fully saturated rings. The van der Waals surface area contributed by atoms with Crippen LogP contribution in [0.25, 0.3) is 0 Å². The van der Waals surface area contributed by atoms with Crippen molar-refractivity contribution < 1.29 is 14.6 Å². The standard InChI is InChI=1S/C9H12O2.CH4O/c1-2-9(10)11-8-6-4-3-5-7-8;1-2/h2,6H,1,3-5,7H2;2H,1H3. The molecule has 0 aromatic rings. The number of allylic oxidation sites excluding steroid dienone is 2. The fourth-order valence-electron chi connectivity index (χ4n) is 1.07. The minimum atomic E-state index is -0.349. The van der Waals surface area contributed by atoms with E-state index in [4.69, 9.17) is 9.84 Å². The highest BCUT2D eigenvalue weighted by Gasteiger charge is 2.06. The Labute approximate surface area is 78.7 Å². The van der Waals surface area contributed by atoms with Gasteiger partial charge in [-0.05, 0) is 25.3 Å². The van der Waals surface area contributed by atoms with Crippen molar-refractivity contribution in [1.82, 2.24) is 0 Å². The van der Waals surface area contributed by atoms with E-state index in [2.05, 4.69) is 6.58 Å². The molecule has 1 aliphatic carbocycles. The molecule has 13 heavy (non-hydrogen) atoms. The SMILES string of the molecule is C=CC(=O)OC1=CCCCC1.CO. The zero-order valence-corrected chi connectivity index (χ0v) is 7.95. The summed E-state index contributed by atoms with van der Waals surface area (Å²) in [5.41, 5.74) is 0. The average molecular weight is 184 g/mol. The predicted molar refractivity (Wildman–Crippen MR) is 51.0 cm³/mol. The van der Waals surface area contributed by atoms with E-state index in [-0.39, 0.29) is 5.97 Å². The molecule has 0 amide bonds. The Hall–Kier alpha value is -1.09. The van der Waals surface area contributed by atoms with E-state index in [1.807, 2.05) is 6.08 Å². The fraction of sp³-hybridized carbons (Fsp3) is 0.500. The molecule has 0 aromatic carbocycles. The van der Waals surface area contributed by atoms with Crippen molar-refractivity contribution in [2.75, 3.05) is 7.11 Å². The zero-order chi connectivity index (χ0) is 10.1. The predicted octanol–water partition coefficient (Wildman–Crippen LogP) is 1.78. The molecule has 1 aliphatic rings. The highest BCUT2D eigenvalue weighted by molar-refractivity contribution is 5.82. The van der Waals surface area contributed by atoms with Crippen LogP contribution < -0.4 is 0 Å². The minimum Gasteiger partial charge on any atom is -0.428 e. The lowest BCUT2D eigenvalue weighted by molar-refractivity contribution is -0.134. The second-order valence-corrected chi connectivity index (χ2v) is 2.54. The molecule has 3 heteroatoms. The molecule has 74 valence electrons. The monoisotopic (exact) mass is 184 g/mol. The second kappa shape index (κ2) is 7.55. The first-order chi connectivity index (χ1) is 6.33. The van der Waals surface area contributed by atoms with E-state index in [0.717, 1.165) is 32.1 Å². The summed E-state index contributed by atoms with van der Waals surface area (Å²) in [6, 6.07) is 0. The van der Waals surface area contributed by atoms with Gasteiger partial charge in [0.1, 0.15) is 5.76 Å². The van der Waals surface area contributed by atoms with Crippen molar-refractivity contribution in [3.8, 4) is 0 Å². The number of carbonyl (C=O) groups is 1. The van der Waals surface area contributed by atoms with Crippen LogP contribution in [-0.2, 0) is 9.53 Å². The number of ether oxygens (including phenoxy) is 1. The Morgan fingerprint density at radius 2 is 2.31 bits per heavy atom. The van der Waals surface area contributed by atoms with Gasteiger partial charge in [-0.25, -0.2) is 4.79 Å². The van der Waals surface area contributed by atoms with Gasteiger partial charge >= 0.3 is 5.97 Å². The van der Waals surface area contributed by atoms with E-state index in [0.29, 0.717) is 0 Å². The summed E-state index contributed by atoms with van der Waals surface area (Å²) < 4.78 is 4.94. The van der Waals surface area contributed by atoms with Crippen molar-refractivity contribution in [2.24, 2.45) is 0 Å². The summed E-state index contributed by atoms with van der Waals surface area (Å²) in [7, 11) is 1.00. The Bertz CT molecular complexity index is 194. The smallest absolute Gasteiger partial charge is 0.335 e. The number of aliphatic hydroxyl groups is 1. The molecule has 3 nitrogen and oxygen atoms in total. The van der Waals surface area contributed by atoms with Crippen molar-refractivity contribution >= 4 is 5.97 Å². The molecule has 0 saturated heterocycles. The minimum absolute atomic E-state index is 0.349. The van der Waals surface area contributed by atoms with Crippen molar-refractivity contribution in [2.45, 2.75) is 25.7 Å². The topological polar surface area (TPSA) is 46.5 Å². The maximum absolute atomic E-state index is 10.7. The molecule has 1 rings (SSSR count). The third-order valence-electron chi connectivity index (χ3n) is 1.65. The molecule has 1 N–H and O–H groups in total. The van der Waals surface area contributed by atoms with Gasteiger partial charge in [-0.3, -0.25) is 0 Å². The molecule has 0 radical (unpaired) electrons. The van der Waals surface area contributed by atoms with Crippen LogP contribution in [0.5, 0.6) is 0 Å². The number of aliphatic hydroxyl groups excluding tert-OH is 1. The van der Waals surface area contributed by atoms with E-state index in [9.17, 15) is 4.79 Å². The number of carbonyl (C=O) groups excluding carboxylic acids is 1. The van der Waals surface area contributed by atoms with Crippen LogP contribution in [0.2, 0.25) is 0 Å². The van der Waals surface area contributed by atoms with Crippen LogP contribution in [0.1, 0.15) is 25.7 Å². The number of hydrogen-bond acceptors (Lipinski definition) is 3. The first kappa shape index (κ1) is 11.9. The van der Waals surface area contributed by atoms with E-state index >= 15 is 0 Å². The van der Waals surface area contributed by atoms with Gasteiger partial charge in [0.2, 0.25) is 0 Å². The Morgan fingerprint density at radius 3 is 2.77 bits per heavy atom. The maximum atomic E-state index is 10.7. The maximum Gasteiger partial charge on any atom is 0.335 e. The fourth-order valence-corrected chi connectivity index (χ4v) is 1.07. The molecular formula is C10H16O3. The summed E-state index contributed by atoms with van der Waals surface area (Å²) >= 11 is 0. The van der Waals surface area contributed by atoms with Crippen molar-refractivity contribution in [1.29, 1.82) is 0 Å². The molecular weight excluding hydrogens is 168 g/mol. The van der Waals surface area contributed by atoms with Crippen LogP contribution in [-0.4, -0.2) is 18.2 Å². The number of esters is 1. The molecule has 0 heterocycles. The molecule has 0 unspecified atom stereocenters. The first-order valence-electron chi connectivity index (χ1n) is 4.31. The number of hydrogen-bond donors (Lipinski definition) is 1. The Kier molecular flexibility index (Phi) is 6.92. The normalized spacial score (nSPS) is 14.8. The van der Waals surface area contributed by atoms with Gasteiger partial charge in [-0.1, -0.05) is 6.58 Å². The van der Waals surface area contributed by atoms with Crippen molar-refractivity contribution in [3.63, 3.8) is 0 Å². The molecule has 0 aromatic heterocycles. The summed E-state index contributed by atoms with van der Waals surface area (Å²) in [6.45, 7) is 3.32. The van der Waals surface area contributed by atoms with Gasteiger partial charge in [-0.2, -0.15) is 0 Å². The molecule has 0 spiro atoms. The lowest BCUT2D eigenvalue weighted by atomic mass is 10.1. The Balaban J connectivity index is 0.000000671. The lowest BCUT2D eigenvalue weighted by Gasteiger charge is -2.10. The third kappa shape index (κ3) is 5.20. The summed E-state index contributed by atoms with van der Waals surface area (Å²) in [6.07, 6.45) is 7.41. The second-order valence-electron chi connectivity index (χ2n) is 2.54. The van der Waals surface area contributed by atoms with Gasteiger partial charge in [-0.15, -0.1) is 0 Å². The summed E-state index contributed by atoms with van der Waals surface area (Å²) in [5, 5.41) is 7.00. The number of rotatable bonds is 2. The van der Waals surface area contributed by atoms with Crippen molar-refractivity contribution in [3.05, 3.63) is 24.5 Å². The summed E-state index contributed by atoms with van der Waals surface area (Å²) in [4.78, 5) is 10.7. The Morgan fingerprint density at radius 1 is 1.62 bits per heavy atom. The van der Waals surface area contributed by atoms with Crippen LogP contribution in [0.15, 0.2) is 24.5 Å². The van der Waals surface area contributed by atoms with E-state index < -0.39 is 0 Å². The van der Waals surface area contributed by atoms with Crippen LogP contribution in [0.4, 0.5) is 0 Å². The average Bonchev–Trinajstić information content (AvgIpc) is 2.22. The van der Waals surface area contributed by atoms with Crippen LogP contribution >= 0.6 is 0 Å². The van der Waals surface area contributed by atoms with Gasteiger partial charge in [0.05, 0.1) is 0 Å². The highest BCUT2D eigenvalue weighted by atomic mass is 16.5. The molecule has 0 saturated carbocycles. The highest BCUT2D eigenvalue weighted by Crippen LogP contribution is 2.18. The first-order valence-corrected chi connectivity index (χ1v) is 4.31. The van der Waals surface area contributed by atoms with Gasteiger partial charge in [0.15, 0.2) is 0 Å². The molecule has 0 aliphatic heterocycles. The molecule has 0 bridgehead atoms. The van der Waals surface area contributed by atoms with Crippen LogP contribution in [0, 0.1) is 0 Å².